The highest BCUT2D eigenvalue weighted by Crippen LogP contribution is 2.26. The van der Waals surface area contributed by atoms with Crippen molar-refractivity contribution in [3.05, 3.63) is 48.0 Å². The Hall–Kier alpha value is -1.42. The molecule has 0 aliphatic carbocycles. The summed E-state index contributed by atoms with van der Waals surface area (Å²) in [7, 11) is 1.73. The van der Waals surface area contributed by atoms with E-state index >= 15 is 0 Å². The van der Waals surface area contributed by atoms with Crippen molar-refractivity contribution in [3.63, 3.8) is 0 Å². The van der Waals surface area contributed by atoms with Gasteiger partial charge < -0.3 is 4.74 Å². The number of rotatable bonds is 6. The summed E-state index contributed by atoms with van der Waals surface area (Å²) in [5.74, 6) is 6.15. The van der Waals surface area contributed by atoms with Gasteiger partial charge in [0.1, 0.15) is 0 Å². The van der Waals surface area contributed by atoms with Crippen molar-refractivity contribution in [2.45, 2.75) is 19.4 Å². The second-order valence-electron chi connectivity index (χ2n) is 5.01. The van der Waals surface area contributed by atoms with Crippen LogP contribution in [0.4, 0.5) is 0 Å². The van der Waals surface area contributed by atoms with E-state index in [0.29, 0.717) is 5.92 Å². The second kappa shape index (κ2) is 6.66. The van der Waals surface area contributed by atoms with Gasteiger partial charge in [0.15, 0.2) is 0 Å². The molecule has 3 N–H and O–H groups in total. The third kappa shape index (κ3) is 3.32. The van der Waals surface area contributed by atoms with E-state index in [4.69, 9.17) is 10.6 Å². The van der Waals surface area contributed by atoms with Gasteiger partial charge in [-0.25, -0.2) is 0 Å². The molecule has 2 rings (SSSR count). The lowest BCUT2D eigenvalue weighted by Crippen LogP contribution is -2.33. The maximum absolute atomic E-state index is 5.73. The fraction of sp³-hybridized carbons (Fsp3) is 0.375. The van der Waals surface area contributed by atoms with E-state index in [-0.39, 0.29) is 6.04 Å². The Morgan fingerprint density at radius 2 is 1.89 bits per heavy atom. The van der Waals surface area contributed by atoms with Crippen molar-refractivity contribution in [3.8, 4) is 0 Å². The molecule has 2 aromatic carbocycles. The van der Waals surface area contributed by atoms with Crippen molar-refractivity contribution < 1.29 is 4.74 Å². The van der Waals surface area contributed by atoms with Crippen LogP contribution in [0.15, 0.2) is 42.5 Å². The quantitative estimate of drug-likeness (QED) is 0.618. The minimum atomic E-state index is 0.153. The summed E-state index contributed by atoms with van der Waals surface area (Å²) in [6.45, 7) is 2.95. The van der Waals surface area contributed by atoms with E-state index in [9.17, 15) is 0 Å². The molecule has 0 amide bonds. The van der Waals surface area contributed by atoms with Gasteiger partial charge in [-0.1, -0.05) is 43.3 Å². The Bertz CT molecular complexity index is 527. The Balaban J connectivity index is 2.24. The van der Waals surface area contributed by atoms with E-state index in [1.807, 2.05) is 0 Å². The number of nitrogens with one attached hydrogen (secondary N) is 1. The third-order valence-electron chi connectivity index (χ3n) is 3.66. The number of hydrogen-bond acceptors (Lipinski definition) is 3. The van der Waals surface area contributed by atoms with Crippen molar-refractivity contribution in [2.24, 2.45) is 11.8 Å². The van der Waals surface area contributed by atoms with Crippen LogP contribution in [0.5, 0.6) is 0 Å². The Morgan fingerprint density at radius 1 is 1.16 bits per heavy atom. The summed E-state index contributed by atoms with van der Waals surface area (Å²) in [5, 5.41) is 2.51. The van der Waals surface area contributed by atoms with Gasteiger partial charge in [0.05, 0.1) is 0 Å². The molecule has 0 saturated heterocycles. The van der Waals surface area contributed by atoms with Crippen molar-refractivity contribution in [1.82, 2.24) is 5.43 Å². The van der Waals surface area contributed by atoms with Gasteiger partial charge in [-0.05, 0) is 34.7 Å². The Labute approximate surface area is 114 Å². The molecule has 3 nitrogen and oxygen atoms in total. The minimum Gasteiger partial charge on any atom is -0.385 e. The highest BCUT2D eigenvalue weighted by Gasteiger charge is 2.17. The summed E-state index contributed by atoms with van der Waals surface area (Å²) in [6.07, 6.45) is 0.984. The molecule has 19 heavy (non-hydrogen) atoms. The molecule has 0 saturated carbocycles. The zero-order valence-electron chi connectivity index (χ0n) is 11.6. The predicted octanol–water partition coefficient (Wildman–Crippen LogP) is 3.02. The first kappa shape index (κ1) is 14.0. The first-order valence-corrected chi connectivity index (χ1v) is 6.70. The molecule has 0 aliphatic heterocycles. The van der Waals surface area contributed by atoms with Crippen LogP contribution in [0.3, 0.4) is 0 Å². The zero-order valence-corrected chi connectivity index (χ0v) is 11.6. The molecule has 102 valence electrons. The molecule has 2 unspecified atom stereocenters. The fourth-order valence-corrected chi connectivity index (χ4v) is 2.46. The van der Waals surface area contributed by atoms with Crippen LogP contribution in [0, 0.1) is 5.92 Å². The Morgan fingerprint density at radius 3 is 2.58 bits per heavy atom. The van der Waals surface area contributed by atoms with Gasteiger partial charge in [-0.2, -0.15) is 0 Å². The average Bonchev–Trinajstić information content (AvgIpc) is 2.45. The number of ether oxygens (including phenoxy) is 1. The monoisotopic (exact) mass is 258 g/mol. The number of methoxy groups -OCH3 is 1. The molecule has 0 aliphatic rings. The molecule has 0 spiro atoms. The Kier molecular flexibility index (Phi) is 4.91. The van der Waals surface area contributed by atoms with Crippen LogP contribution in [0.2, 0.25) is 0 Å². The summed E-state index contributed by atoms with van der Waals surface area (Å²) in [5.41, 5.74) is 4.16. The molecule has 0 radical (unpaired) electrons. The van der Waals surface area contributed by atoms with Crippen molar-refractivity contribution >= 4 is 10.8 Å². The van der Waals surface area contributed by atoms with Crippen LogP contribution < -0.4 is 11.3 Å². The zero-order chi connectivity index (χ0) is 13.7. The van der Waals surface area contributed by atoms with E-state index in [1.165, 1.54) is 16.3 Å². The molecule has 0 heterocycles. The first-order chi connectivity index (χ1) is 9.26. The fourth-order valence-electron chi connectivity index (χ4n) is 2.46. The van der Waals surface area contributed by atoms with Gasteiger partial charge >= 0.3 is 0 Å². The highest BCUT2D eigenvalue weighted by molar-refractivity contribution is 5.83. The van der Waals surface area contributed by atoms with E-state index in [0.717, 1.165) is 13.0 Å². The predicted molar refractivity (Wildman–Crippen MR) is 79.7 cm³/mol. The molecule has 0 fully saturated rings. The lowest BCUT2D eigenvalue weighted by Gasteiger charge is -2.23. The highest BCUT2D eigenvalue weighted by atomic mass is 16.5. The summed E-state index contributed by atoms with van der Waals surface area (Å²) in [4.78, 5) is 0. The van der Waals surface area contributed by atoms with Gasteiger partial charge in [-0.3, -0.25) is 11.3 Å². The maximum atomic E-state index is 5.73. The molecule has 2 aromatic rings. The molecular weight excluding hydrogens is 236 g/mol. The smallest absolute Gasteiger partial charge is 0.0486 e. The third-order valence-corrected chi connectivity index (χ3v) is 3.66. The summed E-state index contributed by atoms with van der Waals surface area (Å²) in [6, 6.07) is 15.0. The largest absolute Gasteiger partial charge is 0.385 e. The van der Waals surface area contributed by atoms with Crippen LogP contribution >= 0.6 is 0 Å². The number of fused-ring (bicyclic) bond motifs is 1. The van der Waals surface area contributed by atoms with Crippen molar-refractivity contribution in [1.29, 1.82) is 0 Å². The van der Waals surface area contributed by atoms with Crippen LogP contribution in [0.1, 0.15) is 24.9 Å². The van der Waals surface area contributed by atoms with Crippen molar-refractivity contribution in [2.75, 3.05) is 13.7 Å². The van der Waals surface area contributed by atoms with E-state index < -0.39 is 0 Å². The normalized spacial score (nSPS) is 14.5. The van der Waals surface area contributed by atoms with Gasteiger partial charge in [0.2, 0.25) is 0 Å². The maximum Gasteiger partial charge on any atom is 0.0486 e. The minimum absolute atomic E-state index is 0.153. The van der Waals surface area contributed by atoms with E-state index in [1.54, 1.807) is 7.11 Å². The molecule has 0 bridgehead atoms. The lowest BCUT2D eigenvalue weighted by atomic mass is 9.91. The topological polar surface area (TPSA) is 47.3 Å². The van der Waals surface area contributed by atoms with Crippen LogP contribution in [0.25, 0.3) is 10.8 Å². The second-order valence-corrected chi connectivity index (χ2v) is 5.01. The number of benzene rings is 2. The number of hydrogen-bond donors (Lipinski definition) is 2. The lowest BCUT2D eigenvalue weighted by molar-refractivity contribution is 0.170. The number of hydrazine groups is 1. The van der Waals surface area contributed by atoms with E-state index in [2.05, 4.69) is 54.8 Å². The van der Waals surface area contributed by atoms with Gasteiger partial charge in [0.25, 0.3) is 0 Å². The van der Waals surface area contributed by atoms with Gasteiger partial charge in [0, 0.05) is 19.8 Å². The summed E-state index contributed by atoms with van der Waals surface area (Å²) >= 11 is 0. The standard InChI is InChI=1S/C16H22N2O/c1-12(9-10-19-2)16(18-17)15-8-7-13-5-3-4-6-14(13)11-15/h3-8,11-12,16,18H,9-10,17H2,1-2H3. The summed E-state index contributed by atoms with van der Waals surface area (Å²) < 4.78 is 5.14. The van der Waals surface area contributed by atoms with Crippen LogP contribution in [-0.4, -0.2) is 13.7 Å². The molecular formula is C16H22N2O. The SMILES string of the molecule is COCCC(C)C(NN)c1ccc2ccccc2c1. The molecule has 2 atom stereocenters. The van der Waals surface area contributed by atoms with Gasteiger partial charge in [-0.15, -0.1) is 0 Å². The number of nitrogens with two attached hydrogens (primary N) is 1. The van der Waals surface area contributed by atoms with Crippen LogP contribution in [-0.2, 0) is 4.74 Å². The molecule has 0 aromatic heterocycles. The molecule has 3 heteroatoms. The first-order valence-electron chi connectivity index (χ1n) is 6.70. The average molecular weight is 258 g/mol.